The Bertz CT molecular complexity index is 788. The van der Waals surface area contributed by atoms with E-state index in [4.69, 9.17) is 4.74 Å². The van der Waals surface area contributed by atoms with Gasteiger partial charge in [-0.15, -0.1) is 0 Å². The van der Waals surface area contributed by atoms with Crippen LogP contribution in [0.3, 0.4) is 0 Å². The summed E-state index contributed by atoms with van der Waals surface area (Å²) >= 11 is 0. The quantitative estimate of drug-likeness (QED) is 0.597. The van der Waals surface area contributed by atoms with Crippen molar-refractivity contribution in [3.63, 3.8) is 0 Å². The number of ether oxygens (including phenoxy) is 1. The van der Waals surface area contributed by atoms with Crippen LogP contribution in [0.4, 0.5) is 13.2 Å². The van der Waals surface area contributed by atoms with Crippen LogP contribution < -0.4 is 15.4 Å². The Morgan fingerprint density at radius 2 is 1.85 bits per heavy atom. The van der Waals surface area contributed by atoms with Gasteiger partial charge in [-0.05, 0) is 35.2 Å². The average molecular weight is 377 g/mol. The van der Waals surface area contributed by atoms with Crippen LogP contribution >= 0.6 is 0 Å². The summed E-state index contributed by atoms with van der Waals surface area (Å²) in [6.45, 7) is 0.0346. The Hall–Kier alpha value is -2.70. The van der Waals surface area contributed by atoms with Crippen LogP contribution in [-0.4, -0.2) is 32.3 Å². The van der Waals surface area contributed by atoms with Gasteiger partial charge in [-0.1, -0.05) is 36.4 Å². The van der Waals surface area contributed by atoms with Crippen molar-refractivity contribution in [1.29, 1.82) is 0 Å². The second-order valence-electron chi connectivity index (χ2n) is 6.45. The van der Waals surface area contributed by atoms with Crippen molar-refractivity contribution in [2.24, 2.45) is 4.99 Å². The fourth-order valence-corrected chi connectivity index (χ4v) is 3.04. The minimum atomic E-state index is -4.33. The molecule has 3 rings (SSSR count). The van der Waals surface area contributed by atoms with E-state index in [-0.39, 0.29) is 5.75 Å². The maximum atomic E-state index is 12.2. The largest absolute Gasteiger partial charge is 0.484 e. The fraction of sp³-hybridized carbons (Fsp3) is 0.350. The lowest BCUT2D eigenvalue weighted by atomic mass is 9.78. The van der Waals surface area contributed by atoms with Crippen LogP contribution in [0, 0.1) is 0 Å². The highest BCUT2D eigenvalue weighted by atomic mass is 19.4. The van der Waals surface area contributed by atoms with Crippen molar-refractivity contribution in [2.45, 2.75) is 25.1 Å². The second-order valence-corrected chi connectivity index (χ2v) is 6.45. The third-order valence-corrected chi connectivity index (χ3v) is 4.49. The van der Waals surface area contributed by atoms with E-state index in [1.54, 1.807) is 19.2 Å². The zero-order valence-corrected chi connectivity index (χ0v) is 15.0. The van der Waals surface area contributed by atoms with E-state index in [1.165, 1.54) is 23.3 Å². The number of fused-ring (bicyclic) bond motifs is 1. The number of hydrogen-bond acceptors (Lipinski definition) is 2. The van der Waals surface area contributed by atoms with Crippen LogP contribution in [0.2, 0.25) is 0 Å². The Morgan fingerprint density at radius 1 is 1.11 bits per heavy atom. The number of rotatable bonds is 6. The molecule has 2 aromatic carbocycles. The van der Waals surface area contributed by atoms with Gasteiger partial charge in [0.2, 0.25) is 0 Å². The van der Waals surface area contributed by atoms with Gasteiger partial charge in [0, 0.05) is 26.1 Å². The monoisotopic (exact) mass is 377 g/mol. The lowest BCUT2D eigenvalue weighted by molar-refractivity contribution is -0.153. The molecule has 1 unspecified atom stereocenters. The van der Waals surface area contributed by atoms with Crippen LogP contribution in [-0.2, 0) is 13.0 Å². The normalized spacial score (nSPS) is 16.3. The van der Waals surface area contributed by atoms with Gasteiger partial charge in [0.15, 0.2) is 12.6 Å². The zero-order valence-electron chi connectivity index (χ0n) is 15.0. The highest BCUT2D eigenvalue weighted by Crippen LogP contribution is 2.33. The van der Waals surface area contributed by atoms with Crippen LogP contribution in [0.1, 0.15) is 22.6 Å². The number of benzene rings is 2. The number of halogens is 3. The summed E-state index contributed by atoms with van der Waals surface area (Å²) in [6, 6.07) is 14.9. The molecule has 0 amide bonds. The highest BCUT2D eigenvalue weighted by Gasteiger charge is 2.28. The maximum Gasteiger partial charge on any atom is 0.422 e. The number of nitrogens with one attached hydrogen (secondary N) is 2. The first-order chi connectivity index (χ1) is 12.9. The van der Waals surface area contributed by atoms with Gasteiger partial charge in [0.1, 0.15) is 5.75 Å². The molecule has 0 heterocycles. The fourth-order valence-electron chi connectivity index (χ4n) is 3.04. The maximum absolute atomic E-state index is 12.2. The molecule has 1 aliphatic carbocycles. The molecule has 7 heteroatoms. The summed E-state index contributed by atoms with van der Waals surface area (Å²) < 4.78 is 41.2. The van der Waals surface area contributed by atoms with Gasteiger partial charge in [-0.3, -0.25) is 4.99 Å². The summed E-state index contributed by atoms with van der Waals surface area (Å²) in [5.41, 5.74) is 3.71. The molecule has 1 aliphatic rings. The minimum Gasteiger partial charge on any atom is -0.484 e. The predicted octanol–water partition coefficient (Wildman–Crippen LogP) is 3.63. The lowest BCUT2D eigenvalue weighted by Crippen LogP contribution is -2.40. The molecule has 2 aromatic rings. The number of aliphatic imine (C=N–C) groups is 1. The van der Waals surface area contributed by atoms with E-state index in [1.807, 2.05) is 0 Å². The third kappa shape index (κ3) is 5.39. The Morgan fingerprint density at radius 3 is 2.52 bits per heavy atom. The predicted molar refractivity (Wildman–Crippen MR) is 99.1 cm³/mol. The number of guanidine groups is 1. The Kier molecular flexibility index (Phi) is 5.88. The molecule has 0 aromatic heterocycles. The average Bonchev–Trinajstić information content (AvgIpc) is 2.63. The van der Waals surface area contributed by atoms with Crippen molar-refractivity contribution in [3.05, 3.63) is 65.2 Å². The molecule has 0 fully saturated rings. The first-order valence-electron chi connectivity index (χ1n) is 8.75. The highest BCUT2D eigenvalue weighted by molar-refractivity contribution is 5.79. The van der Waals surface area contributed by atoms with Crippen molar-refractivity contribution in [2.75, 3.05) is 20.2 Å². The van der Waals surface area contributed by atoms with Gasteiger partial charge >= 0.3 is 6.18 Å². The molecule has 144 valence electrons. The van der Waals surface area contributed by atoms with Gasteiger partial charge in [0.25, 0.3) is 0 Å². The molecule has 0 bridgehead atoms. The zero-order chi connectivity index (χ0) is 19.3. The molecule has 1 atom stereocenters. The smallest absolute Gasteiger partial charge is 0.422 e. The van der Waals surface area contributed by atoms with Crippen LogP contribution in [0.5, 0.6) is 5.75 Å². The van der Waals surface area contributed by atoms with E-state index in [9.17, 15) is 13.2 Å². The van der Waals surface area contributed by atoms with Gasteiger partial charge in [-0.2, -0.15) is 13.2 Å². The molecule has 2 N–H and O–H groups in total. The van der Waals surface area contributed by atoms with Crippen molar-refractivity contribution >= 4 is 5.96 Å². The number of nitrogens with zero attached hydrogens (tertiary/aromatic N) is 1. The first-order valence-corrected chi connectivity index (χ1v) is 8.75. The summed E-state index contributed by atoms with van der Waals surface area (Å²) in [7, 11) is 1.71. The van der Waals surface area contributed by atoms with E-state index < -0.39 is 12.8 Å². The molecule has 0 aliphatic heterocycles. The molecular weight excluding hydrogens is 355 g/mol. The van der Waals surface area contributed by atoms with Gasteiger partial charge < -0.3 is 15.4 Å². The Balaban J connectivity index is 1.43. The molecule has 0 spiro atoms. The molecule has 0 saturated heterocycles. The van der Waals surface area contributed by atoms with E-state index in [2.05, 4.69) is 39.9 Å². The van der Waals surface area contributed by atoms with Gasteiger partial charge in [-0.25, -0.2) is 0 Å². The second kappa shape index (κ2) is 8.33. The summed E-state index contributed by atoms with van der Waals surface area (Å²) in [5.74, 6) is 1.38. The third-order valence-electron chi connectivity index (χ3n) is 4.49. The SMILES string of the molecule is CN=C(NCc1ccc(OCC(F)(F)F)cc1)NCC1Cc2ccccc21. The minimum absolute atomic E-state index is 0.197. The molecule has 0 saturated carbocycles. The van der Waals surface area contributed by atoms with Crippen molar-refractivity contribution in [3.8, 4) is 5.75 Å². The molecule has 4 nitrogen and oxygen atoms in total. The van der Waals surface area contributed by atoms with E-state index >= 15 is 0 Å². The molecule has 0 radical (unpaired) electrons. The Labute approximate surface area is 156 Å². The van der Waals surface area contributed by atoms with E-state index in [0.717, 1.165) is 18.5 Å². The van der Waals surface area contributed by atoms with Crippen LogP contribution in [0.25, 0.3) is 0 Å². The van der Waals surface area contributed by atoms with Crippen molar-refractivity contribution < 1.29 is 17.9 Å². The van der Waals surface area contributed by atoms with E-state index in [0.29, 0.717) is 18.4 Å². The lowest BCUT2D eigenvalue weighted by Gasteiger charge is -2.30. The van der Waals surface area contributed by atoms with Crippen molar-refractivity contribution in [1.82, 2.24) is 10.6 Å². The number of hydrogen-bond donors (Lipinski definition) is 2. The van der Waals surface area contributed by atoms with Gasteiger partial charge in [0.05, 0.1) is 0 Å². The van der Waals surface area contributed by atoms with Crippen LogP contribution in [0.15, 0.2) is 53.5 Å². The topological polar surface area (TPSA) is 45.7 Å². The summed E-state index contributed by atoms with van der Waals surface area (Å²) in [6.07, 6.45) is -3.26. The first kappa shape index (κ1) is 19.1. The standard InChI is InChI=1S/C20H22F3N3O/c1-24-19(26-12-16-10-15-4-2-3-5-18(15)16)25-11-14-6-8-17(9-7-14)27-13-20(21,22)23/h2-9,16H,10-13H2,1H3,(H2,24,25,26). The molecular formula is C20H22F3N3O. The summed E-state index contributed by atoms with van der Waals surface area (Å²) in [4.78, 5) is 4.21. The number of alkyl halides is 3. The summed E-state index contributed by atoms with van der Waals surface area (Å²) in [5, 5.41) is 6.53. The molecule has 27 heavy (non-hydrogen) atoms.